The molecule has 2 aromatic heterocycles. The van der Waals surface area contributed by atoms with Gasteiger partial charge in [-0.3, -0.25) is 9.36 Å². The fourth-order valence-corrected chi connectivity index (χ4v) is 5.27. The van der Waals surface area contributed by atoms with Crippen molar-refractivity contribution in [2.75, 3.05) is 0 Å². The van der Waals surface area contributed by atoms with Gasteiger partial charge in [0, 0.05) is 12.8 Å². The Morgan fingerprint density at radius 1 is 1.05 bits per heavy atom. The third kappa shape index (κ3) is 5.29. The van der Waals surface area contributed by atoms with Crippen LogP contribution in [0.15, 0.2) is 93.2 Å². The lowest BCUT2D eigenvalue weighted by atomic mass is 9.99. The molecule has 204 valence electrons. The number of aromatic nitrogens is 2. The van der Waals surface area contributed by atoms with Crippen molar-refractivity contribution in [2.24, 2.45) is 5.16 Å². The van der Waals surface area contributed by atoms with Crippen LogP contribution in [0.4, 0.5) is 0 Å². The molecule has 7 heteroatoms. The quantitative estimate of drug-likeness (QED) is 0.209. The van der Waals surface area contributed by atoms with Gasteiger partial charge in [0.1, 0.15) is 17.3 Å². The lowest BCUT2D eigenvalue weighted by Gasteiger charge is -2.15. The van der Waals surface area contributed by atoms with Crippen LogP contribution in [0.25, 0.3) is 22.0 Å². The maximum Gasteiger partial charge on any atom is 0.261 e. The number of hydrogen-bond acceptors (Lipinski definition) is 6. The van der Waals surface area contributed by atoms with Crippen LogP contribution in [-0.2, 0) is 17.8 Å². The first-order chi connectivity index (χ1) is 20.0. The van der Waals surface area contributed by atoms with E-state index in [4.69, 9.17) is 14.2 Å². The third-order valence-corrected chi connectivity index (χ3v) is 7.53. The van der Waals surface area contributed by atoms with Gasteiger partial charge in [-0.25, -0.2) is 4.98 Å². The molecule has 1 aliphatic heterocycles. The van der Waals surface area contributed by atoms with Gasteiger partial charge < -0.3 is 9.25 Å². The van der Waals surface area contributed by atoms with E-state index < -0.39 is 0 Å². The number of fused-ring (bicyclic) bond motifs is 1. The van der Waals surface area contributed by atoms with Gasteiger partial charge in [-0.05, 0) is 65.9 Å². The highest BCUT2D eigenvalue weighted by atomic mass is 16.6. The van der Waals surface area contributed by atoms with Crippen molar-refractivity contribution in [3.8, 4) is 17.2 Å². The standard InChI is InChI=1S/C34H30N4O3/c1-3-4-9-33-36-29-16-15-25(32-19-30(37-41-32)31-17-10-22(2)40-31)18-28(29)34(39)38(33)21-23-11-13-24(14-12-23)27-8-6-5-7-26(27)20-35/h5-8,10-18,32H,3-4,9,19,21H2,1-2H3. The molecule has 0 amide bonds. The number of oxime groups is 1. The number of unbranched alkanes of at least 4 members (excludes halogenated alkanes) is 1. The molecule has 0 bridgehead atoms. The molecule has 0 saturated carbocycles. The second-order valence-corrected chi connectivity index (χ2v) is 10.4. The molecule has 41 heavy (non-hydrogen) atoms. The van der Waals surface area contributed by atoms with Crippen LogP contribution in [0.5, 0.6) is 0 Å². The second-order valence-electron chi connectivity index (χ2n) is 10.4. The summed E-state index contributed by atoms with van der Waals surface area (Å²) in [5.74, 6) is 2.31. The monoisotopic (exact) mass is 542 g/mol. The largest absolute Gasteiger partial charge is 0.460 e. The minimum absolute atomic E-state index is 0.0670. The topological polar surface area (TPSA) is 93.4 Å². The highest BCUT2D eigenvalue weighted by Crippen LogP contribution is 2.31. The van der Waals surface area contributed by atoms with E-state index in [2.05, 4.69) is 18.1 Å². The van der Waals surface area contributed by atoms with Crippen molar-refractivity contribution in [3.05, 3.63) is 123 Å². The Kier molecular flexibility index (Phi) is 7.22. The molecule has 0 N–H and O–H groups in total. The summed E-state index contributed by atoms with van der Waals surface area (Å²) in [6.07, 6.45) is 2.95. The number of nitriles is 1. The van der Waals surface area contributed by atoms with Gasteiger partial charge in [0.2, 0.25) is 0 Å². The summed E-state index contributed by atoms with van der Waals surface area (Å²) in [7, 11) is 0. The van der Waals surface area contributed by atoms with Crippen LogP contribution in [0.3, 0.4) is 0 Å². The third-order valence-electron chi connectivity index (χ3n) is 7.53. The Hall–Kier alpha value is -4.96. The fraction of sp³-hybridized carbons (Fsp3) is 0.235. The first kappa shape index (κ1) is 26.3. The first-order valence-electron chi connectivity index (χ1n) is 14.0. The van der Waals surface area contributed by atoms with Gasteiger partial charge in [0.05, 0.1) is 29.1 Å². The van der Waals surface area contributed by atoms with E-state index in [0.29, 0.717) is 35.2 Å². The molecule has 3 heterocycles. The van der Waals surface area contributed by atoms with E-state index in [-0.39, 0.29) is 11.7 Å². The molecule has 6 rings (SSSR count). The molecule has 1 atom stereocenters. The number of rotatable bonds is 8. The molecule has 1 unspecified atom stereocenters. The van der Waals surface area contributed by atoms with Gasteiger partial charge in [-0.15, -0.1) is 0 Å². The summed E-state index contributed by atoms with van der Waals surface area (Å²) in [6, 6.07) is 27.4. The van der Waals surface area contributed by atoms with Crippen LogP contribution < -0.4 is 5.56 Å². The summed E-state index contributed by atoms with van der Waals surface area (Å²) in [4.78, 5) is 24.6. The van der Waals surface area contributed by atoms with Gasteiger partial charge in [-0.2, -0.15) is 5.26 Å². The van der Waals surface area contributed by atoms with Gasteiger partial charge >= 0.3 is 0 Å². The lowest BCUT2D eigenvalue weighted by Crippen LogP contribution is -2.26. The summed E-state index contributed by atoms with van der Waals surface area (Å²) in [5.41, 5.74) is 5.75. The molecule has 7 nitrogen and oxygen atoms in total. The summed E-state index contributed by atoms with van der Waals surface area (Å²) in [6.45, 7) is 4.45. The molecular formula is C34H30N4O3. The molecule has 0 saturated heterocycles. The zero-order valence-electron chi connectivity index (χ0n) is 23.1. The number of benzene rings is 3. The average Bonchev–Trinajstić information content (AvgIpc) is 3.67. The molecule has 5 aromatic rings. The minimum atomic E-state index is -0.295. The minimum Gasteiger partial charge on any atom is -0.460 e. The Bertz CT molecular complexity index is 1860. The maximum atomic E-state index is 13.9. The van der Waals surface area contributed by atoms with Crippen molar-refractivity contribution in [2.45, 2.75) is 52.2 Å². The van der Waals surface area contributed by atoms with Crippen LogP contribution in [-0.4, -0.2) is 15.3 Å². The zero-order chi connectivity index (χ0) is 28.3. The van der Waals surface area contributed by atoms with Crippen LogP contribution in [0.1, 0.15) is 66.3 Å². The van der Waals surface area contributed by atoms with Gasteiger partial charge in [0.25, 0.3) is 5.56 Å². The van der Waals surface area contributed by atoms with Crippen molar-refractivity contribution in [1.29, 1.82) is 5.26 Å². The van der Waals surface area contributed by atoms with Crippen molar-refractivity contribution >= 4 is 16.6 Å². The van der Waals surface area contributed by atoms with Gasteiger partial charge in [0.15, 0.2) is 11.9 Å². The number of aryl methyl sites for hydroxylation is 2. The van der Waals surface area contributed by atoms with E-state index in [1.807, 2.05) is 85.8 Å². The molecule has 0 aliphatic carbocycles. The number of hydrogen-bond donors (Lipinski definition) is 0. The first-order valence-corrected chi connectivity index (χ1v) is 14.0. The molecule has 0 radical (unpaired) electrons. The second kappa shape index (κ2) is 11.3. The van der Waals surface area contributed by atoms with E-state index in [1.165, 1.54) is 0 Å². The van der Waals surface area contributed by atoms with Crippen LogP contribution >= 0.6 is 0 Å². The summed E-state index contributed by atoms with van der Waals surface area (Å²) < 4.78 is 7.51. The Morgan fingerprint density at radius 3 is 2.63 bits per heavy atom. The summed E-state index contributed by atoms with van der Waals surface area (Å²) >= 11 is 0. The normalized spacial score (nSPS) is 14.6. The van der Waals surface area contributed by atoms with Gasteiger partial charge in [-0.1, -0.05) is 67.0 Å². The lowest BCUT2D eigenvalue weighted by molar-refractivity contribution is 0.0858. The molecule has 1 aliphatic rings. The van der Waals surface area contributed by atoms with E-state index in [1.54, 1.807) is 4.57 Å². The molecule has 0 spiro atoms. The SMILES string of the molecule is CCCCc1nc2ccc(C3CC(c4ccc(C)o4)=NO3)cc2c(=O)n1Cc1ccc(-c2ccccc2C#N)cc1. The summed E-state index contributed by atoms with van der Waals surface area (Å²) in [5, 5.41) is 14.3. The fourth-order valence-electron chi connectivity index (χ4n) is 5.27. The van der Waals surface area contributed by atoms with Crippen molar-refractivity contribution < 1.29 is 9.25 Å². The van der Waals surface area contributed by atoms with Crippen molar-refractivity contribution in [3.63, 3.8) is 0 Å². The highest BCUT2D eigenvalue weighted by molar-refractivity contribution is 5.99. The van der Waals surface area contributed by atoms with Crippen LogP contribution in [0, 0.1) is 18.3 Å². The highest BCUT2D eigenvalue weighted by Gasteiger charge is 2.26. The number of furan rings is 1. The van der Waals surface area contributed by atoms with E-state index >= 15 is 0 Å². The van der Waals surface area contributed by atoms with E-state index in [9.17, 15) is 10.1 Å². The van der Waals surface area contributed by atoms with Crippen LogP contribution in [0.2, 0.25) is 0 Å². The Labute approximate surface area is 238 Å². The maximum absolute atomic E-state index is 13.9. The van der Waals surface area contributed by atoms with E-state index in [0.717, 1.165) is 58.8 Å². The Balaban J connectivity index is 1.31. The molecular weight excluding hydrogens is 512 g/mol. The van der Waals surface area contributed by atoms with Crippen molar-refractivity contribution in [1.82, 2.24) is 9.55 Å². The Morgan fingerprint density at radius 2 is 1.88 bits per heavy atom. The molecule has 3 aromatic carbocycles. The zero-order valence-corrected chi connectivity index (χ0v) is 23.1. The smallest absolute Gasteiger partial charge is 0.261 e. The number of nitrogens with zero attached hydrogens (tertiary/aromatic N) is 4. The average molecular weight is 543 g/mol. The predicted molar refractivity (Wildman–Crippen MR) is 159 cm³/mol. The predicted octanol–water partition coefficient (Wildman–Crippen LogP) is 7.09. The molecule has 0 fully saturated rings.